The third kappa shape index (κ3) is 2.94. The number of halogens is 3. The molecule has 0 atom stereocenters. The summed E-state index contributed by atoms with van der Waals surface area (Å²) in [5.74, 6) is 0.0211. The highest BCUT2D eigenvalue weighted by atomic mass is 19.4. The number of benzene rings is 2. The Morgan fingerprint density at radius 2 is 1.79 bits per heavy atom. The van der Waals surface area contributed by atoms with Gasteiger partial charge in [-0.25, -0.2) is 9.48 Å². The van der Waals surface area contributed by atoms with Gasteiger partial charge in [-0.15, -0.1) is 0 Å². The van der Waals surface area contributed by atoms with Crippen molar-refractivity contribution in [3.05, 3.63) is 64.8 Å². The van der Waals surface area contributed by atoms with Gasteiger partial charge < -0.3 is 9.15 Å². The summed E-state index contributed by atoms with van der Waals surface area (Å²) in [5.41, 5.74) is 0.877. The van der Waals surface area contributed by atoms with E-state index >= 15 is 0 Å². The van der Waals surface area contributed by atoms with E-state index in [1.54, 1.807) is 43.4 Å². The molecule has 0 unspecified atom stereocenters. The van der Waals surface area contributed by atoms with Crippen LogP contribution in [0.15, 0.2) is 57.7 Å². The van der Waals surface area contributed by atoms with Gasteiger partial charge in [-0.3, -0.25) is 4.57 Å². The van der Waals surface area contributed by atoms with Crippen molar-refractivity contribution >= 4 is 11.1 Å². The summed E-state index contributed by atoms with van der Waals surface area (Å²) in [4.78, 5) is 11.7. The van der Waals surface area contributed by atoms with Gasteiger partial charge in [0, 0.05) is 12.6 Å². The Bertz CT molecular complexity index is 1220. The van der Waals surface area contributed by atoms with Crippen LogP contribution >= 0.6 is 0 Å². The topological polar surface area (TPSA) is 62.2 Å². The summed E-state index contributed by atoms with van der Waals surface area (Å²) in [6, 6.07) is 12.2. The average molecular weight is 389 g/mol. The Morgan fingerprint density at radius 3 is 2.43 bits per heavy atom. The highest BCUT2D eigenvalue weighted by Gasteiger charge is 2.35. The number of hydrogen-bond donors (Lipinski definition) is 0. The Hall–Kier alpha value is -3.49. The molecule has 144 valence electrons. The van der Waals surface area contributed by atoms with Crippen LogP contribution in [-0.2, 0) is 13.2 Å². The zero-order chi connectivity index (χ0) is 20.1. The van der Waals surface area contributed by atoms with E-state index in [0.717, 1.165) is 6.07 Å². The number of rotatable bonds is 3. The monoisotopic (exact) mass is 389 g/mol. The van der Waals surface area contributed by atoms with E-state index in [0.29, 0.717) is 22.5 Å². The molecule has 2 aromatic carbocycles. The van der Waals surface area contributed by atoms with Crippen molar-refractivity contribution in [3.63, 3.8) is 0 Å². The van der Waals surface area contributed by atoms with Gasteiger partial charge in [0.1, 0.15) is 5.75 Å². The fourth-order valence-corrected chi connectivity index (χ4v) is 2.94. The SMILES string of the molecule is COc1ccc(-n2nc(C(F)(F)F)cc2-c2ccc3c(c2)oc(=O)n3C)cc1. The first kappa shape index (κ1) is 17.9. The van der Waals surface area contributed by atoms with Crippen molar-refractivity contribution in [2.45, 2.75) is 6.18 Å². The van der Waals surface area contributed by atoms with Gasteiger partial charge in [0.05, 0.1) is 24.0 Å². The second-order valence-corrected chi connectivity index (χ2v) is 6.13. The summed E-state index contributed by atoms with van der Waals surface area (Å²) >= 11 is 0. The van der Waals surface area contributed by atoms with Gasteiger partial charge in [-0.05, 0) is 42.5 Å². The molecule has 28 heavy (non-hydrogen) atoms. The lowest BCUT2D eigenvalue weighted by Gasteiger charge is -2.08. The third-order valence-electron chi connectivity index (χ3n) is 4.40. The minimum absolute atomic E-state index is 0.214. The Kier molecular flexibility index (Phi) is 4.02. The molecule has 0 N–H and O–H groups in total. The normalized spacial score (nSPS) is 11.9. The van der Waals surface area contributed by atoms with Crippen molar-refractivity contribution in [1.82, 2.24) is 14.3 Å². The number of hydrogen-bond acceptors (Lipinski definition) is 4. The third-order valence-corrected chi connectivity index (χ3v) is 4.40. The largest absolute Gasteiger partial charge is 0.497 e. The van der Waals surface area contributed by atoms with E-state index in [-0.39, 0.29) is 11.3 Å². The van der Waals surface area contributed by atoms with Crippen molar-refractivity contribution < 1.29 is 22.3 Å². The molecule has 0 aliphatic heterocycles. The Morgan fingerprint density at radius 1 is 1.07 bits per heavy atom. The van der Waals surface area contributed by atoms with Gasteiger partial charge in [0.2, 0.25) is 0 Å². The molecule has 0 aliphatic carbocycles. The number of fused-ring (bicyclic) bond motifs is 1. The van der Waals surface area contributed by atoms with Crippen LogP contribution in [0.1, 0.15) is 5.69 Å². The molecule has 0 amide bonds. The molecule has 0 saturated carbocycles. The van der Waals surface area contributed by atoms with Crippen molar-refractivity contribution in [3.8, 4) is 22.7 Å². The molecule has 4 rings (SSSR count). The second kappa shape index (κ2) is 6.29. The number of nitrogens with zero attached hydrogens (tertiary/aromatic N) is 3. The predicted octanol–water partition coefficient (Wildman–Crippen LogP) is 4.01. The van der Waals surface area contributed by atoms with Crippen LogP contribution in [0.4, 0.5) is 13.2 Å². The lowest BCUT2D eigenvalue weighted by Crippen LogP contribution is -2.08. The predicted molar refractivity (Wildman–Crippen MR) is 95.6 cm³/mol. The smallest absolute Gasteiger partial charge is 0.435 e. The minimum atomic E-state index is -4.60. The first-order chi connectivity index (χ1) is 13.3. The molecule has 0 fully saturated rings. The number of methoxy groups -OCH3 is 1. The van der Waals surface area contributed by atoms with Crippen LogP contribution in [-0.4, -0.2) is 21.5 Å². The average Bonchev–Trinajstić information content (AvgIpc) is 3.24. The Labute approximate surface area is 156 Å². The molecule has 4 aromatic rings. The molecule has 2 heterocycles. The molecular formula is C19H14F3N3O3. The molecule has 0 bridgehead atoms. The molecular weight excluding hydrogens is 375 g/mol. The first-order valence-electron chi connectivity index (χ1n) is 8.19. The maximum absolute atomic E-state index is 13.3. The van der Waals surface area contributed by atoms with E-state index in [1.807, 2.05) is 0 Å². The fourth-order valence-electron chi connectivity index (χ4n) is 2.94. The molecule has 6 nitrogen and oxygen atoms in total. The number of aromatic nitrogens is 3. The fraction of sp³-hybridized carbons (Fsp3) is 0.158. The standard InChI is InChI=1S/C19H14F3N3O3/c1-24-14-8-3-11(9-16(14)28-18(24)26)15-10-17(19(20,21)22)23-25(15)12-4-6-13(27-2)7-5-12/h3-10H,1-2H3. The van der Waals surface area contributed by atoms with Crippen LogP contribution in [0.3, 0.4) is 0 Å². The molecule has 0 radical (unpaired) electrons. The van der Waals surface area contributed by atoms with E-state index < -0.39 is 17.6 Å². The molecule has 2 aromatic heterocycles. The highest BCUT2D eigenvalue weighted by Crippen LogP contribution is 2.34. The maximum Gasteiger partial charge on any atom is 0.435 e. The van der Waals surface area contributed by atoms with Crippen molar-refractivity contribution in [1.29, 1.82) is 0 Å². The maximum atomic E-state index is 13.3. The van der Waals surface area contributed by atoms with E-state index in [4.69, 9.17) is 9.15 Å². The summed E-state index contributed by atoms with van der Waals surface area (Å²) < 4.78 is 52.6. The van der Waals surface area contributed by atoms with Gasteiger partial charge >= 0.3 is 11.9 Å². The van der Waals surface area contributed by atoms with Gasteiger partial charge in [0.15, 0.2) is 11.3 Å². The van der Waals surface area contributed by atoms with Gasteiger partial charge in [-0.1, -0.05) is 6.07 Å². The zero-order valence-electron chi connectivity index (χ0n) is 14.8. The quantitative estimate of drug-likeness (QED) is 0.531. The number of aryl methyl sites for hydroxylation is 1. The van der Waals surface area contributed by atoms with Crippen LogP contribution in [0.5, 0.6) is 5.75 Å². The molecule has 0 saturated heterocycles. The summed E-state index contributed by atoms with van der Waals surface area (Å²) in [6.45, 7) is 0. The van der Waals surface area contributed by atoms with Gasteiger partial charge in [-0.2, -0.15) is 18.3 Å². The number of ether oxygens (including phenoxy) is 1. The highest BCUT2D eigenvalue weighted by molar-refractivity contribution is 5.80. The van der Waals surface area contributed by atoms with Crippen molar-refractivity contribution in [2.24, 2.45) is 7.05 Å². The van der Waals surface area contributed by atoms with E-state index in [9.17, 15) is 18.0 Å². The molecule has 0 aliphatic rings. The van der Waals surface area contributed by atoms with Crippen LogP contribution in [0.2, 0.25) is 0 Å². The van der Waals surface area contributed by atoms with Crippen LogP contribution in [0, 0.1) is 0 Å². The summed E-state index contributed by atoms with van der Waals surface area (Å²) in [6.07, 6.45) is -4.60. The van der Waals surface area contributed by atoms with Crippen molar-refractivity contribution in [2.75, 3.05) is 7.11 Å². The lowest BCUT2D eigenvalue weighted by atomic mass is 10.1. The summed E-state index contributed by atoms with van der Waals surface area (Å²) in [5, 5.41) is 3.74. The van der Waals surface area contributed by atoms with Crippen LogP contribution < -0.4 is 10.5 Å². The number of alkyl halides is 3. The second-order valence-electron chi connectivity index (χ2n) is 6.13. The van der Waals surface area contributed by atoms with Crippen LogP contribution in [0.25, 0.3) is 28.0 Å². The zero-order valence-corrected chi connectivity index (χ0v) is 14.8. The first-order valence-corrected chi connectivity index (χ1v) is 8.19. The molecule has 0 spiro atoms. The van der Waals surface area contributed by atoms with Gasteiger partial charge in [0.25, 0.3) is 0 Å². The van der Waals surface area contributed by atoms with E-state index in [1.165, 1.54) is 22.4 Å². The number of oxazole rings is 1. The minimum Gasteiger partial charge on any atom is -0.497 e. The lowest BCUT2D eigenvalue weighted by molar-refractivity contribution is -0.141. The Balaban J connectivity index is 1.91. The molecule has 9 heteroatoms. The summed E-state index contributed by atoms with van der Waals surface area (Å²) in [7, 11) is 3.05. The van der Waals surface area contributed by atoms with E-state index in [2.05, 4.69) is 5.10 Å².